The van der Waals surface area contributed by atoms with Crippen LogP contribution in [0.15, 0.2) is 60.9 Å². The van der Waals surface area contributed by atoms with Gasteiger partial charge in [0.25, 0.3) is 5.91 Å². The summed E-state index contributed by atoms with van der Waals surface area (Å²) in [5, 5.41) is 0. The number of carbonyl (C=O) groups excluding carboxylic acids is 2. The third-order valence-corrected chi connectivity index (χ3v) is 5.47. The van der Waals surface area contributed by atoms with Crippen molar-refractivity contribution in [2.75, 3.05) is 13.1 Å². The number of aromatic nitrogens is 2. The number of hydrogen-bond acceptors (Lipinski definition) is 4. The van der Waals surface area contributed by atoms with Crippen LogP contribution in [-0.4, -0.2) is 50.7 Å². The van der Waals surface area contributed by atoms with Gasteiger partial charge in [-0.05, 0) is 24.1 Å². The van der Waals surface area contributed by atoms with Crippen LogP contribution in [0.4, 0.5) is 0 Å². The fraction of sp³-hybridized carbons (Fsp3) is 0.304. The van der Waals surface area contributed by atoms with Gasteiger partial charge in [0.15, 0.2) is 0 Å². The second kappa shape index (κ2) is 8.39. The van der Waals surface area contributed by atoms with Gasteiger partial charge in [-0.2, -0.15) is 0 Å². The molecule has 1 atom stereocenters. The average molecular weight is 388 g/mol. The molecule has 29 heavy (non-hydrogen) atoms. The lowest BCUT2D eigenvalue weighted by molar-refractivity contribution is -0.133. The zero-order chi connectivity index (χ0) is 20.2. The van der Waals surface area contributed by atoms with Crippen molar-refractivity contribution in [3.8, 4) is 0 Å². The third-order valence-electron chi connectivity index (χ3n) is 5.47. The molecule has 1 aromatic heterocycles. The van der Waals surface area contributed by atoms with Crippen LogP contribution in [0.3, 0.4) is 0 Å². The Bertz CT molecular complexity index is 1020. The maximum atomic E-state index is 13.3. The molecule has 0 unspecified atom stereocenters. The predicted octanol–water partition coefficient (Wildman–Crippen LogP) is 3.28. The van der Waals surface area contributed by atoms with Crippen molar-refractivity contribution in [3.63, 3.8) is 0 Å². The summed E-state index contributed by atoms with van der Waals surface area (Å²) in [6, 6.07) is 15.4. The molecule has 2 heterocycles. The molecule has 2 aromatic carbocycles. The van der Waals surface area contributed by atoms with E-state index in [-0.39, 0.29) is 17.9 Å². The number of amides is 2. The largest absolute Gasteiger partial charge is 0.336 e. The number of fused-ring (bicyclic) bond motifs is 1. The first-order valence-electron chi connectivity index (χ1n) is 9.99. The van der Waals surface area contributed by atoms with Crippen LogP contribution in [0.1, 0.15) is 35.7 Å². The number of para-hydroxylation sites is 1. The highest BCUT2D eigenvalue weighted by Crippen LogP contribution is 2.21. The van der Waals surface area contributed by atoms with E-state index in [1.807, 2.05) is 47.4 Å². The summed E-state index contributed by atoms with van der Waals surface area (Å²) < 4.78 is 0. The molecular weight excluding hydrogens is 364 g/mol. The van der Waals surface area contributed by atoms with Crippen molar-refractivity contribution < 1.29 is 9.59 Å². The lowest BCUT2D eigenvalue weighted by Crippen LogP contribution is -2.43. The van der Waals surface area contributed by atoms with Gasteiger partial charge in [-0.15, -0.1) is 0 Å². The second-order valence-corrected chi connectivity index (χ2v) is 7.30. The first-order valence-corrected chi connectivity index (χ1v) is 9.99. The molecular formula is C23H24N4O2. The average Bonchev–Trinajstić information content (AvgIpc) is 2.92. The van der Waals surface area contributed by atoms with Gasteiger partial charge in [0.2, 0.25) is 5.91 Å². The summed E-state index contributed by atoms with van der Waals surface area (Å²) >= 11 is 0. The predicted molar refractivity (Wildman–Crippen MR) is 111 cm³/mol. The highest BCUT2D eigenvalue weighted by Gasteiger charge is 2.31. The number of benzene rings is 2. The van der Waals surface area contributed by atoms with Crippen LogP contribution in [0.25, 0.3) is 11.0 Å². The molecule has 0 radical (unpaired) electrons. The maximum absolute atomic E-state index is 13.3. The van der Waals surface area contributed by atoms with Crippen LogP contribution in [-0.2, 0) is 11.3 Å². The molecule has 1 aliphatic heterocycles. The van der Waals surface area contributed by atoms with E-state index in [0.717, 1.165) is 12.0 Å². The molecule has 3 aromatic rings. The van der Waals surface area contributed by atoms with Crippen LogP contribution >= 0.6 is 0 Å². The molecule has 0 N–H and O–H groups in total. The van der Waals surface area contributed by atoms with Gasteiger partial charge < -0.3 is 9.80 Å². The van der Waals surface area contributed by atoms with E-state index in [9.17, 15) is 9.59 Å². The summed E-state index contributed by atoms with van der Waals surface area (Å²) in [5.74, 6) is -0.00220. The van der Waals surface area contributed by atoms with E-state index in [2.05, 4.69) is 16.9 Å². The molecule has 6 nitrogen and oxygen atoms in total. The Labute approximate surface area is 170 Å². The molecule has 0 spiro atoms. The maximum Gasteiger partial charge on any atom is 0.256 e. The Morgan fingerprint density at radius 3 is 2.66 bits per heavy atom. The minimum atomic E-state index is -0.0936. The van der Waals surface area contributed by atoms with Gasteiger partial charge in [-0.1, -0.05) is 43.3 Å². The molecule has 0 saturated carbocycles. The van der Waals surface area contributed by atoms with Crippen LogP contribution < -0.4 is 0 Å². The quantitative estimate of drug-likeness (QED) is 0.688. The van der Waals surface area contributed by atoms with E-state index in [1.54, 1.807) is 23.4 Å². The van der Waals surface area contributed by atoms with E-state index < -0.39 is 0 Å². The van der Waals surface area contributed by atoms with Gasteiger partial charge in [0.05, 0.1) is 11.1 Å². The summed E-state index contributed by atoms with van der Waals surface area (Å²) in [4.78, 5) is 38.6. The Kier molecular flexibility index (Phi) is 5.51. The standard InChI is InChI=1S/C23H24N4O2/c1-2-18-16-26(14-11-21(28)27(18)15-17-7-4-3-5-8-17)23(29)19-9-6-10-20-22(19)25-13-12-24-20/h3-10,12-13,18H,2,11,14-16H2,1H3/t18-/m1/s1. The Balaban J connectivity index is 1.59. The summed E-state index contributed by atoms with van der Waals surface area (Å²) in [6.07, 6.45) is 4.33. The fourth-order valence-electron chi connectivity index (χ4n) is 3.89. The molecule has 1 saturated heterocycles. The summed E-state index contributed by atoms with van der Waals surface area (Å²) in [5.41, 5.74) is 2.93. The lowest BCUT2D eigenvalue weighted by Gasteiger charge is -2.31. The van der Waals surface area contributed by atoms with Crippen molar-refractivity contribution in [2.24, 2.45) is 0 Å². The third kappa shape index (κ3) is 3.97. The van der Waals surface area contributed by atoms with Crippen LogP contribution in [0.2, 0.25) is 0 Å². The highest BCUT2D eigenvalue weighted by molar-refractivity contribution is 6.04. The van der Waals surface area contributed by atoms with Gasteiger partial charge in [0, 0.05) is 44.5 Å². The zero-order valence-electron chi connectivity index (χ0n) is 16.5. The Morgan fingerprint density at radius 1 is 1.07 bits per heavy atom. The minimum Gasteiger partial charge on any atom is -0.336 e. The minimum absolute atomic E-state index is 0.0183. The molecule has 1 aliphatic rings. The molecule has 1 fully saturated rings. The summed E-state index contributed by atoms with van der Waals surface area (Å²) in [7, 11) is 0. The van der Waals surface area contributed by atoms with Crippen molar-refractivity contribution in [3.05, 3.63) is 72.1 Å². The van der Waals surface area contributed by atoms with E-state index in [0.29, 0.717) is 42.7 Å². The lowest BCUT2D eigenvalue weighted by atomic mass is 10.1. The monoisotopic (exact) mass is 388 g/mol. The van der Waals surface area contributed by atoms with Crippen molar-refractivity contribution >= 4 is 22.8 Å². The molecule has 2 amide bonds. The second-order valence-electron chi connectivity index (χ2n) is 7.30. The number of hydrogen-bond donors (Lipinski definition) is 0. The zero-order valence-corrected chi connectivity index (χ0v) is 16.5. The van der Waals surface area contributed by atoms with Crippen molar-refractivity contribution in [2.45, 2.75) is 32.4 Å². The Hall–Kier alpha value is -3.28. The first kappa shape index (κ1) is 19.1. The molecule has 148 valence electrons. The van der Waals surface area contributed by atoms with Crippen LogP contribution in [0, 0.1) is 0 Å². The highest BCUT2D eigenvalue weighted by atomic mass is 16.2. The molecule has 4 rings (SSSR count). The van der Waals surface area contributed by atoms with Crippen molar-refractivity contribution in [1.29, 1.82) is 0 Å². The van der Waals surface area contributed by atoms with Gasteiger partial charge in [0.1, 0.15) is 5.52 Å². The molecule has 0 bridgehead atoms. The summed E-state index contributed by atoms with van der Waals surface area (Å²) in [6.45, 7) is 3.56. The normalized spacial score (nSPS) is 17.4. The fourth-order valence-corrected chi connectivity index (χ4v) is 3.89. The molecule has 0 aliphatic carbocycles. The van der Waals surface area contributed by atoms with Crippen LogP contribution in [0.5, 0.6) is 0 Å². The SMILES string of the molecule is CC[C@@H]1CN(C(=O)c2cccc3nccnc23)CCC(=O)N1Cc1ccccc1. The molecule has 6 heteroatoms. The van der Waals surface area contributed by atoms with Gasteiger partial charge in [-0.25, -0.2) is 0 Å². The topological polar surface area (TPSA) is 66.4 Å². The number of carbonyl (C=O) groups is 2. The van der Waals surface area contributed by atoms with Gasteiger partial charge in [-0.3, -0.25) is 19.6 Å². The Morgan fingerprint density at radius 2 is 1.86 bits per heavy atom. The smallest absolute Gasteiger partial charge is 0.256 e. The van der Waals surface area contributed by atoms with Gasteiger partial charge >= 0.3 is 0 Å². The van der Waals surface area contributed by atoms with Crippen molar-refractivity contribution in [1.82, 2.24) is 19.8 Å². The van der Waals surface area contributed by atoms with E-state index in [1.165, 1.54) is 0 Å². The van der Waals surface area contributed by atoms with E-state index in [4.69, 9.17) is 0 Å². The number of rotatable bonds is 4. The van der Waals surface area contributed by atoms with E-state index >= 15 is 0 Å². The first-order chi connectivity index (χ1) is 14.2. The number of nitrogens with zero attached hydrogens (tertiary/aromatic N) is 4.